The van der Waals surface area contributed by atoms with Crippen LogP contribution >= 0.6 is 24.1 Å². The molecule has 0 unspecified atom stereocenters. The Morgan fingerprint density at radius 2 is 1.28 bits per heavy atom. The molecule has 4 N–H and O–H groups in total. The maximum absolute atomic E-state index is 12.1. The van der Waals surface area contributed by atoms with Crippen LogP contribution in [-0.2, 0) is 28.9 Å². The number of nitrogens with two attached hydrogens (primary N) is 1. The maximum Gasteiger partial charge on any atom is 1.00 e. The SMILES string of the molecule is COc1cc(N=Nc2cc(C)c(N=Nc3ccc4cc(SOO[O-])cc(S(=O)(=O)[O-])c4c3)cc2C)c(C)cc1N=Nc1c(SOO[O-])cc2cc(NCOc3ccc(N)cc3)ccc2c1O.[Na+].[Na+].[Na+]. The number of nitrogens with one attached hydrogen (secondary N) is 1. The molecular weight excluding hydrogens is 986 g/mol. The summed E-state index contributed by atoms with van der Waals surface area (Å²) in [4.78, 5) is -0.138. The minimum Gasteiger partial charge on any atom is -0.744 e. The van der Waals surface area contributed by atoms with Gasteiger partial charge >= 0.3 is 88.7 Å². The summed E-state index contributed by atoms with van der Waals surface area (Å²) in [7, 11) is -3.47. The molecular formula is C43H35N8Na3O12S3. The van der Waals surface area contributed by atoms with E-state index in [2.05, 4.69) is 54.7 Å². The Hall–Kier alpha value is -3.77. The Balaban J connectivity index is 0.00000346. The first-order valence-corrected chi connectivity index (χ1v) is 22.0. The minimum atomic E-state index is -4.92. The molecule has 0 atom stereocenters. The van der Waals surface area contributed by atoms with Gasteiger partial charge in [0.1, 0.15) is 33.0 Å². The maximum atomic E-state index is 12.1. The molecule has 7 aromatic rings. The topological polar surface area (TPSA) is 291 Å². The largest absolute Gasteiger partial charge is 1.00 e. The molecule has 0 aromatic heterocycles. The Bertz CT molecular complexity index is 3160. The van der Waals surface area contributed by atoms with Gasteiger partial charge in [-0.3, -0.25) is 10.1 Å². The van der Waals surface area contributed by atoms with Gasteiger partial charge in [-0.05, 0) is 139 Å². The van der Waals surface area contributed by atoms with Crippen molar-refractivity contribution >= 4 is 101 Å². The van der Waals surface area contributed by atoms with Gasteiger partial charge in [-0.25, -0.2) is 8.42 Å². The zero-order valence-electron chi connectivity index (χ0n) is 37.9. The molecule has 0 radical (unpaired) electrons. The summed E-state index contributed by atoms with van der Waals surface area (Å²) in [5.41, 5.74) is 11.2. The third kappa shape index (κ3) is 14.9. The summed E-state index contributed by atoms with van der Waals surface area (Å²) in [6, 6.07) is 27.9. The number of azo groups is 3. The van der Waals surface area contributed by atoms with Crippen LogP contribution in [0.25, 0.3) is 21.5 Å². The van der Waals surface area contributed by atoms with E-state index in [4.69, 9.17) is 15.2 Å². The average Bonchev–Trinajstić information content (AvgIpc) is 3.29. The Labute approximate surface area is 469 Å². The van der Waals surface area contributed by atoms with Gasteiger partial charge in [0.15, 0.2) is 12.5 Å². The van der Waals surface area contributed by atoms with Crippen LogP contribution in [0.1, 0.15) is 16.7 Å². The van der Waals surface area contributed by atoms with Crippen LogP contribution in [0, 0.1) is 20.8 Å². The van der Waals surface area contributed by atoms with Gasteiger partial charge in [0.2, 0.25) is 0 Å². The molecule has 0 aliphatic heterocycles. The monoisotopic (exact) mass is 1020 g/mol. The molecule has 0 fully saturated rings. The molecule has 0 heterocycles. The number of nitrogens with zero attached hydrogens (tertiary/aromatic N) is 6. The number of methoxy groups -OCH3 is 1. The van der Waals surface area contributed by atoms with E-state index < -0.39 is 15.0 Å². The fraction of sp³-hybridized carbons (Fsp3) is 0.116. The van der Waals surface area contributed by atoms with Gasteiger partial charge in [0.25, 0.3) is 0 Å². The normalized spacial score (nSPS) is 11.5. The number of benzene rings is 7. The summed E-state index contributed by atoms with van der Waals surface area (Å²) in [5, 5.41) is 70.3. The molecule has 0 aliphatic carbocycles. The van der Waals surface area contributed by atoms with Gasteiger partial charge in [-0.15, -0.1) is 10.2 Å². The smallest absolute Gasteiger partial charge is 0.744 e. The third-order valence-corrected chi connectivity index (χ3v) is 11.7. The van der Waals surface area contributed by atoms with Crippen LogP contribution in [-0.4, -0.2) is 31.9 Å². The second-order valence-corrected chi connectivity index (χ2v) is 17.0. The number of aromatic hydroxyl groups is 1. The fourth-order valence-electron chi connectivity index (χ4n) is 6.43. The van der Waals surface area contributed by atoms with E-state index in [0.29, 0.717) is 103 Å². The zero-order chi connectivity index (χ0) is 47.0. The summed E-state index contributed by atoms with van der Waals surface area (Å²) < 4.78 is 56.5. The van der Waals surface area contributed by atoms with Gasteiger partial charge in [0, 0.05) is 33.1 Å². The molecule has 69 heavy (non-hydrogen) atoms. The summed E-state index contributed by atoms with van der Waals surface area (Å²) in [5.74, 6) is 0.694. The van der Waals surface area contributed by atoms with E-state index in [9.17, 15) is 28.6 Å². The fourth-order valence-corrected chi connectivity index (χ4v) is 8.16. The van der Waals surface area contributed by atoms with Crippen molar-refractivity contribution in [3.63, 3.8) is 0 Å². The van der Waals surface area contributed by atoms with Crippen molar-refractivity contribution in [2.45, 2.75) is 35.5 Å². The van der Waals surface area contributed by atoms with Gasteiger partial charge in [0.05, 0.1) is 63.7 Å². The average molecular weight is 1020 g/mol. The second-order valence-electron chi connectivity index (χ2n) is 14.1. The molecule has 0 aliphatic rings. The molecule has 0 spiro atoms. The van der Waals surface area contributed by atoms with Crippen LogP contribution < -0.4 is 120 Å². The van der Waals surface area contributed by atoms with Gasteiger partial charge in [-0.1, -0.05) is 6.07 Å². The molecule has 26 heteroatoms. The van der Waals surface area contributed by atoms with E-state index in [1.54, 1.807) is 91.9 Å². The zero-order valence-corrected chi connectivity index (χ0v) is 46.4. The van der Waals surface area contributed by atoms with Crippen LogP contribution in [0.15, 0.2) is 149 Å². The number of aryl methyl sites for hydroxylation is 3. The van der Waals surface area contributed by atoms with Crippen molar-refractivity contribution in [1.29, 1.82) is 0 Å². The van der Waals surface area contributed by atoms with Crippen LogP contribution in [0.5, 0.6) is 17.2 Å². The van der Waals surface area contributed by atoms with Crippen LogP contribution in [0.3, 0.4) is 0 Å². The van der Waals surface area contributed by atoms with Crippen molar-refractivity contribution in [3.8, 4) is 17.2 Å². The number of rotatable bonds is 18. The number of ether oxygens (including phenoxy) is 2. The Kier molecular flexibility index (Phi) is 22.3. The minimum absolute atomic E-state index is 0. The van der Waals surface area contributed by atoms with Crippen molar-refractivity contribution in [3.05, 3.63) is 120 Å². The summed E-state index contributed by atoms with van der Waals surface area (Å²) in [6.45, 7) is 5.58. The van der Waals surface area contributed by atoms with Crippen LogP contribution in [0.4, 0.5) is 45.5 Å². The molecule has 340 valence electrons. The number of phenolic OH excluding ortho intramolecular Hbond substituents is 1. The van der Waals surface area contributed by atoms with Crippen LogP contribution in [0.2, 0.25) is 0 Å². The van der Waals surface area contributed by atoms with Crippen molar-refractivity contribution < 1.29 is 145 Å². The number of phenols is 1. The summed E-state index contributed by atoms with van der Waals surface area (Å²) >= 11 is 1.00. The van der Waals surface area contributed by atoms with Crippen molar-refractivity contribution in [2.75, 3.05) is 24.9 Å². The number of nitrogen functional groups attached to an aromatic ring is 1. The molecule has 7 aromatic carbocycles. The van der Waals surface area contributed by atoms with Gasteiger partial charge < -0.3 is 40.7 Å². The number of fused-ring (bicyclic) bond motifs is 2. The predicted octanol–water partition coefficient (Wildman–Crippen LogP) is 1.29. The number of anilines is 2. The third-order valence-electron chi connectivity index (χ3n) is 9.71. The summed E-state index contributed by atoms with van der Waals surface area (Å²) in [6.07, 6.45) is 0. The van der Waals surface area contributed by atoms with E-state index in [1.807, 2.05) is 13.8 Å². The standard InChI is InChI=1S/C43H38N8O12S3.3Na/c1-23-14-36(24(2)13-35(23)47-46-30-8-5-26-17-32(64-62-60-53)20-41(34(26)19-30)66(55,56)57)48-49-37-21-39(58-4)38(15-25(37)3)50-51-42-40(65-63-61-54)18-27-16-29(9-12-33(27)43(42)52)45-22-59-31-10-6-28(44)7-11-31;;;/h5-21,45,52-54H,22,44H2,1-4H3,(H,55,56,57);;;/q;3*+1/p-3. The first kappa shape index (κ1) is 57.8. The first-order valence-electron chi connectivity index (χ1n) is 19.1. The number of hydrogen-bond acceptors (Lipinski definition) is 22. The Morgan fingerprint density at radius 1 is 0.667 bits per heavy atom. The van der Waals surface area contributed by atoms with E-state index in [0.717, 1.165) is 6.07 Å². The number of hydrogen-bond donors (Lipinski definition) is 3. The van der Waals surface area contributed by atoms with Crippen molar-refractivity contribution in [2.24, 2.45) is 30.7 Å². The van der Waals surface area contributed by atoms with Gasteiger partial charge in [-0.2, -0.15) is 29.1 Å². The molecule has 0 amide bonds. The molecule has 0 saturated heterocycles. The van der Waals surface area contributed by atoms with E-state index in [1.165, 1.54) is 19.2 Å². The molecule has 0 saturated carbocycles. The van der Waals surface area contributed by atoms with E-state index in [-0.39, 0.29) is 128 Å². The molecule has 7 rings (SSSR count). The quantitative estimate of drug-likeness (QED) is 0.0160. The predicted molar refractivity (Wildman–Crippen MR) is 240 cm³/mol. The van der Waals surface area contributed by atoms with Crippen molar-refractivity contribution in [1.82, 2.24) is 0 Å². The molecule has 20 nitrogen and oxygen atoms in total. The molecule has 0 bridgehead atoms. The first-order chi connectivity index (χ1) is 31.7. The Morgan fingerprint density at radius 3 is 1.91 bits per heavy atom. The second kappa shape index (κ2) is 26.6. The van der Waals surface area contributed by atoms with E-state index >= 15 is 0 Å².